The molecule has 1 N–H and O–H groups in total. The minimum absolute atomic E-state index is 0.111. The number of nitrogens with zero attached hydrogens (tertiary/aromatic N) is 4. The van der Waals surface area contributed by atoms with Crippen LogP contribution in [0.4, 0.5) is 5.82 Å². The van der Waals surface area contributed by atoms with Gasteiger partial charge >= 0.3 is 0 Å². The van der Waals surface area contributed by atoms with E-state index in [1.807, 2.05) is 24.3 Å². The Balaban J connectivity index is 1.54. The largest absolute Gasteiger partial charge is 0.376 e. The van der Waals surface area contributed by atoms with Crippen LogP contribution in [-0.4, -0.2) is 72.5 Å². The predicted octanol–water partition coefficient (Wildman–Crippen LogP) is 2.07. The lowest BCUT2D eigenvalue weighted by atomic mass is 10.1. The summed E-state index contributed by atoms with van der Waals surface area (Å²) in [7, 11) is 0. The zero-order valence-electron chi connectivity index (χ0n) is 16.7. The van der Waals surface area contributed by atoms with Gasteiger partial charge in [0.15, 0.2) is 11.5 Å². The number of carbonyl (C=O) groups excluding carboxylic acids is 1. The van der Waals surface area contributed by atoms with Crippen molar-refractivity contribution in [2.75, 3.05) is 44.2 Å². The van der Waals surface area contributed by atoms with Crippen LogP contribution in [0.15, 0.2) is 24.3 Å². The van der Waals surface area contributed by atoms with E-state index in [2.05, 4.69) is 39.2 Å². The molecule has 0 aliphatic carbocycles. The molecule has 4 rings (SSSR count). The van der Waals surface area contributed by atoms with Crippen molar-refractivity contribution in [2.45, 2.75) is 38.8 Å². The predicted molar refractivity (Wildman–Crippen MR) is 110 cm³/mol. The van der Waals surface area contributed by atoms with Crippen molar-refractivity contribution < 1.29 is 9.53 Å². The second-order valence-electron chi connectivity index (χ2n) is 7.88. The van der Waals surface area contributed by atoms with Gasteiger partial charge in [0, 0.05) is 56.1 Å². The van der Waals surface area contributed by atoms with Crippen molar-refractivity contribution in [2.24, 2.45) is 0 Å². The van der Waals surface area contributed by atoms with Crippen molar-refractivity contribution >= 4 is 22.5 Å². The number of anilines is 1. The van der Waals surface area contributed by atoms with Gasteiger partial charge in [-0.3, -0.25) is 9.69 Å². The van der Waals surface area contributed by atoms with Gasteiger partial charge in [-0.05, 0) is 26.7 Å². The van der Waals surface area contributed by atoms with E-state index in [1.165, 1.54) is 0 Å². The van der Waals surface area contributed by atoms with Crippen molar-refractivity contribution in [1.82, 2.24) is 20.4 Å². The number of carbonyl (C=O) groups is 1. The standard InChI is InChI=1S/C21H29N5O2/c1-15(2)25-9-11-26(12-10-25)20-18-8-4-3-7-17(18)19(23-24-20)21(27)22-14-16-6-5-13-28-16/h3-4,7-8,15-16H,5-6,9-14H2,1-2H3,(H,22,27). The van der Waals surface area contributed by atoms with E-state index in [9.17, 15) is 4.79 Å². The summed E-state index contributed by atoms with van der Waals surface area (Å²) in [5.41, 5.74) is 0.387. The first-order chi connectivity index (χ1) is 13.6. The second kappa shape index (κ2) is 8.41. The molecule has 28 heavy (non-hydrogen) atoms. The Morgan fingerprint density at radius 3 is 2.61 bits per heavy atom. The smallest absolute Gasteiger partial charge is 0.272 e. The third kappa shape index (κ3) is 3.95. The number of nitrogens with one attached hydrogen (secondary N) is 1. The molecule has 2 fully saturated rings. The maximum absolute atomic E-state index is 12.7. The van der Waals surface area contributed by atoms with Crippen LogP contribution < -0.4 is 10.2 Å². The van der Waals surface area contributed by atoms with E-state index in [1.54, 1.807) is 0 Å². The Morgan fingerprint density at radius 1 is 1.18 bits per heavy atom. The lowest BCUT2D eigenvalue weighted by Gasteiger charge is -2.37. The molecule has 1 amide bonds. The minimum Gasteiger partial charge on any atom is -0.376 e. The average molecular weight is 383 g/mol. The number of amides is 1. The van der Waals surface area contributed by atoms with Gasteiger partial charge in [-0.15, -0.1) is 10.2 Å². The highest BCUT2D eigenvalue weighted by molar-refractivity contribution is 6.07. The van der Waals surface area contributed by atoms with Crippen molar-refractivity contribution in [3.63, 3.8) is 0 Å². The number of hydrogen-bond donors (Lipinski definition) is 1. The van der Waals surface area contributed by atoms with Crippen molar-refractivity contribution in [3.05, 3.63) is 30.0 Å². The average Bonchev–Trinajstić information content (AvgIpc) is 3.25. The van der Waals surface area contributed by atoms with Crippen molar-refractivity contribution in [3.8, 4) is 0 Å². The molecule has 1 aromatic carbocycles. The maximum atomic E-state index is 12.7. The Morgan fingerprint density at radius 2 is 1.93 bits per heavy atom. The Bertz CT molecular complexity index is 827. The van der Waals surface area contributed by atoms with Crippen molar-refractivity contribution in [1.29, 1.82) is 0 Å². The number of rotatable bonds is 5. The van der Waals surface area contributed by atoms with Crippen LogP contribution in [0.1, 0.15) is 37.2 Å². The highest BCUT2D eigenvalue weighted by Gasteiger charge is 2.24. The van der Waals surface area contributed by atoms with Gasteiger partial charge < -0.3 is 15.0 Å². The van der Waals surface area contributed by atoms with Gasteiger partial charge in [-0.25, -0.2) is 0 Å². The first kappa shape index (κ1) is 19.1. The van der Waals surface area contributed by atoms with Crippen LogP contribution in [0.3, 0.4) is 0 Å². The molecule has 2 aromatic rings. The van der Waals surface area contributed by atoms with E-state index in [0.29, 0.717) is 18.3 Å². The fourth-order valence-corrected chi connectivity index (χ4v) is 4.04. The van der Waals surface area contributed by atoms with Crippen LogP contribution in [0.2, 0.25) is 0 Å². The molecule has 7 nitrogen and oxygen atoms in total. The third-order valence-corrected chi connectivity index (χ3v) is 5.74. The molecule has 2 aliphatic heterocycles. The fraction of sp³-hybridized carbons (Fsp3) is 0.571. The molecule has 150 valence electrons. The zero-order valence-corrected chi connectivity index (χ0v) is 16.7. The lowest BCUT2D eigenvalue weighted by molar-refractivity contribution is 0.0854. The van der Waals surface area contributed by atoms with Crippen LogP contribution in [0.5, 0.6) is 0 Å². The summed E-state index contributed by atoms with van der Waals surface area (Å²) in [6.45, 7) is 9.62. The maximum Gasteiger partial charge on any atom is 0.272 e. The molecule has 0 radical (unpaired) electrons. The molecular formula is C21H29N5O2. The van der Waals surface area contributed by atoms with E-state index >= 15 is 0 Å². The van der Waals surface area contributed by atoms with Gasteiger partial charge in [-0.1, -0.05) is 24.3 Å². The third-order valence-electron chi connectivity index (χ3n) is 5.74. The zero-order chi connectivity index (χ0) is 19.5. The highest BCUT2D eigenvalue weighted by atomic mass is 16.5. The van der Waals surface area contributed by atoms with Crippen LogP contribution >= 0.6 is 0 Å². The monoisotopic (exact) mass is 383 g/mol. The fourth-order valence-electron chi connectivity index (χ4n) is 4.04. The first-order valence-electron chi connectivity index (χ1n) is 10.3. The van der Waals surface area contributed by atoms with Gasteiger partial charge in [0.2, 0.25) is 0 Å². The normalized spacial score (nSPS) is 20.8. The molecule has 2 aliphatic rings. The molecule has 0 bridgehead atoms. The van der Waals surface area contributed by atoms with E-state index in [4.69, 9.17) is 4.74 Å². The minimum atomic E-state index is -0.185. The Kier molecular flexibility index (Phi) is 5.73. The van der Waals surface area contributed by atoms with Gasteiger partial charge in [0.05, 0.1) is 6.10 Å². The quantitative estimate of drug-likeness (QED) is 0.852. The van der Waals surface area contributed by atoms with E-state index in [-0.39, 0.29) is 12.0 Å². The number of fused-ring (bicyclic) bond motifs is 1. The molecule has 0 spiro atoms. The summed E-state index contributed by atoms with van der Waals surface area (Å²) in [5, 5.41) is 13.6. The topological polar surface area (TPSA) is 70.6 Å². The molecule has 0 saturated carbocycles. The number of piperazine rings is 1. The highest BCUT2D eigenvalue weighted by Crippen LogP contribution is 2.27. The number of hydrogen-bond acceptors (Lipinski definition) is 6. The summed E-state index contributed by atoms with van der Waals surface area (Å²) in [4.78, 5) is 17.5. The molecular weight excluding hydrogens is 354 g/mol. The van der Waals surface area contributed by atoms with Crippen LogP contribution in [0.25, 0.3) is 10.8 Å². The van der Waals surface area contributed by atoms with Gasteiger partial charge in [-0.2, -0.15) is 0 Å². The van der Waals surface area contributed by atoms with E-state index in [0.717, 1.165) is 62.2 Å². The molecule has 2 saturated heterocycles. The molecule has 1 atom stereocenters. The van der Waals surface area contributed by atoms with E-state index < -0.39 is 0 Å². The summed E-state index contributed by atoms with van der Waals surface area (Å²) < 4.78 is 5.59. The summed E-state index contributed by atoms with van der Waals surface area (Å²) in [6, 6.07) is 8.48. The second-order valence-corrected chi connectivity index (χ2v) is 7.88. The number of aromatic nitrogens is 2. The number of benzene rings is 1. The summed E-state index contributed by atoms with van der Waals surface area (Å²) in [5.74, 6) is 0.685. The SMILES string of the molecule is CC(C)N1CCN(c2nnc(C(=O)NCC3CCCO3)c3ccccc23)CC1. The number of ether oxygens (including phenoxy) is 1. The summed E-state index contributed by atoms with van der Waals surface area (Å²) in [6.07, 6.45) is 2.16. The first-order valence-corrected chi connectivity index (χ1v) is 10.3. The molecule has 1 aromatic heterocycles. The molecule has 7 heteroatoms. The van der Waals surface area contributed by atoms with Gasteiger partial charge in [0.25, 0.3) is 5.91 Å². The lowest BCUT2D eigenvalue weighted by Crippen LogP contribution is -2.49. The molecule has 1 unspecified atom stereocenters. The molecule has 3 heterocycles. The van der Waals surface area contributed by atoms with Gasteiger partial charge in [0.1, 0.15) is 0 Å². The van der Waals surface area contributed by atoms with Crippen LogP contribution in [-0.2, 0) is 4.74 Å². The Hall–Kier alpha value is -2.25. The summed E-state index contributed by atoms with van der Waals surface area (Å²) >= 11 is 0. The Labute approximate surface area is 166 Å². The van der Waals surface area contributed by atoms with Crippen LogP contribution in [0, 0.1) is 0 Å².